The summed E-state index contributed by atoms with van der Waals surface area (Å²) < 4.78 is 18.9. The molecule has 0 bridgehead atoms. The molecule has 1 amide bonds. The number of hydrogen-bond acceptors (Lipinski definition) is 6. The van der Waals surface area contributed by atoms with Crippen LogP contribution in [0.3, 0.4) is 0 Å². The number of rotatable bonds is 6. The van der Waals surface area contributed by atoms with Crippen molar-refractivity contribution in [3.05, 3.63) is 47.0 Å². The summed E-state index contributed by atoms with van der Waals surface area (Å²) in [6.07, 6.45) is 0. The van der Waals surface area contributed by atoms with Crippen LogP contribution in [-0.4, -0.2) is 55.3 Å². The van der Waals surface area contributed by atoms with Crippen LogP contribution in [0.2, 0.25) is 0 Å². The smallest absolute Gasteiger partial charge is 0.251 e. The molecule has 1 aliphatic heterocycles. The summed E-state index contributed by atoms with van der Waals surface area (Å²) in [5.74, 6) is 1.57. The maximum atomic E-state index is 13.6. The average Bonchev–Trinajstić information content (AvgIpc) is 2.67. The third kappa shape index (κ3) is 5.13. The minimum Gasteiger partial charge on any atom is -0.378 e. The third-order valence-corrected chi connectivity index (χ3v) is 4.31. The highest BCUT2D eigenvalue weighted by Crippen LogP contribution is 2.17. The largest absolute Gasteiger partial charge is 0.378 e. The Labute approximate surface area is 158 Å². The minimum absolute atomic E-state index is 0.302. The summed E-state index contributed by atoms with van der Waals surface area (Å²) in [6, 6.07) is 6.36. The highest BCUT2D eigenvalue weighted by atomic mass is 19.1. The van der Waals surface area contributed by atoms with Crippen molar-refractivity contribution >= 4 is 17.5 Å². The summed E-state index contributed by atoms with van der Waals surface area (Å²) >= 11 is 0. The number of hydrogen-bond donors (Lipinski definition) is 2. The lowest BCUT2D eigenvalue weighted by Gasteiger charge is -2.28. The molecule has 1 fully saturated rings. The molecule has 0 aliphatic carbocycles. The first-order valence-electron chi connectivity index (χ1n) is 8.99. The van der Waals surface area contributed by atoms with Gasteiger partial charge in [0.2, 0.25) is 0 Å². The molecule has 0 saturated carbocycles. The fourth-order valence-corrected chi connectivity index (χ4v) is 2.80. The highest BCUT2D eigenvalue weighted by molar-refractivity contribution is 5.94. The van der Waals surface area contributed by atoms with Crippen LogP contribution >= 0.6 is 0 Å². The van der Waals surface area contributed by atoms with Crippen molar-refractivity contribution in [1.82, 2.24) is 15.3 Å². The first-order valence-corrected chi connectivity index (χ1v) is 8.99. The van der Waals surface area contributed by atoms with E-state index < -0.39 is 0 Å². The molecule has 0 spiro atoms. The molecule has 1 aromatic carbocycles. The van der Waals surface area contributed by atoms with E-state index in [0.29, 0.717) is 49.1 Å². The van der Waals surface area contributed by atoms with Crippen molar-refractivity contribution in [2.24, 2.45) is 0 Å². The molecule has 1 aliphatic rings. The summed E-state index contributed by atoms with van der Waals surface area (Å²) in [7, 11) is 0. The normalized spacial score (nSPS) is 14.1. The van der Waals surface area contributed by atoms with Gasteiger partial charge in [-0.3, -0.25) is 4.79 Å². The molecule has 2 aromatic rings. The maximum Gasteiger partial charge on any atom is 0.251 e. The number of aromatic nitrogens is 2. The Hall–Kier alpha value is -2.74. The molecule has 2 N–H and O–H groups in total. The number of anilines is 2. The molecule has 0 unspecified atom stereocenters. The molecule has 8 heteroatoms. The average molecular weight is 373 g/mol. The van der Waals surface area contributed by atoms with Crippen LogP contribution in [0.5, 0.6) is 0 Å². The van der Waals surface area contributed by atoms with Gasteiger partial charge in [-0.15, -0.1) is 0 Å². The SMILES string of the molecule is Cc1nc(NCCNC(=O)c2ccc(C)c(F)c2)cc(N2CCOCC2)n1. The zero-order valence-corrected chi connectivity index (χ0v) is 15.6. The monoisotopic (exact) mass is 373 g/mol. The van der Waals surface area contributed by atoms with E-state index in [0.717, 1.165) is 18.9 Å². The first kappa shape index (κ1) is 19.0. The Morgan fingerprint density at radius 3 is 2.70 bits per heavy atom. The van der Waals surface area contributed by atoms with E-state index in [4.69, 9.17) is 4.74 Å². The van der Waals surface area contributed by atoms with Crippen molar-refractivity contribution < 1.29 is 13.9 Å². The lowest BCUT2D eigenvalue weighted by Crippen LogP contribution is -2.37. The van der Waals surface area contributed by atoms with Crippen LogP contribution < -0.4 is 15.5 Å². The lowest BCUT2D eigenvalue weighted by atomic mass is 10.1. The van der Waals surface area contributed by atoms with Gasteiger partial charge < -0.3 is 20.3 Å². The summed E-state index contributed by atoms with van der Waals surface area (Å²) in [4.78, 5) is 23.1. The zero-order valence-electron chi connectivity index (χ0n) is 15.6. The van der Waals surface area contributed by atoms with Gasteiger partial charge in [-0.2, -0.15) is 0 Å². The minimum atomic E-state index is -0.382. The predicted octanol–water partition coefficient (Wildman–Crippen LogP) is 1.91. The first-order chi connectivity index (χ1) is 13.0. The van der Waals surface area contributed by atoms with Crippen LogP contribution in [0.4, 0.5) is 16.0 Å². The van der Waals surface area contributed by atoms with Crippen molar-refractivity contribution in [3.8, 4) is 0 Å². The van der Waals surface area contributed by atoms with Gasteiger partial charge in [-0.05, 0) is 31.5 Å². The number of carbonyl (C=O) groups excluding carboxylic acids is 1. The van der Waals surface area contributed by atoms with Crippen molar-refractivity contribution in [3.63, 3.8) is 0 Å². The van der Waals surface area contributed by atoms with Crippen molar-refractivity contribution in [2.45, 2.75) is 13.8 Å². The zero-order chi connectivity index (χ0) is 19.2. The molecule has 0 atom stereocenters. The second-order valence-corrected chi connectivity index (χ2v) is 6.40. The van der Waals surface area contributed by atoms with Crippen LogP contribution in [-0.2, 0) is 4.74 Å². The number of ether oxygens (including phenoxy) is 1. The Bertz CT molecular complexity index is 809. The Balaban J connectivity index is 1.51. The quantitative estimate of drug-likeness (QED) is 0.753. The van der Waals surface area contributed by atoms with E-state index in [1.54, 1.807) is 19.1 Å². The van der Waals surface area contributed by atoms with E-state index in [1.165, 1.54) is 6.07 Å². The van der Waals surface area contributed by atoms with Gasteiger partial charge >= 0.3 is 0 Å². The molecule has 1 saturated heterocycles. The molecule has 27 heavy (non-hydrogen) atoms. The molecular weight excluding hydrogens is 349 g/mol. The van der Waals surface area contributed by atoms with Crippen LogP contribution in [0, 0.1) is 19.7 Å². The number of benzene rings is 1. The highest BCUT2D eigenvalue weighted by Gasteiger charge is 2.14. The Kier molecular flexibility index (Phi) is 6.18. The number of aryl methyl sites for hydroxylation is 2. The van der Waals surface area contributed by atoms with Gasteiger partial charge in [0.1, 0.15) is 23.3 Å². The van der Waals surface area contributed by atoms with E-state index >= 15 is 0 Å². The topological polar surface area (TPSA) is 79.4 Å². The summed E-state index contributed by atoms with van der Waals surface area (Å²) in [6.45, 7) is 7.40. The van der Waals surface area contributed by atoms with Gasteiger partial charge in [-0.25, -0.2) is 14.4 Å². The van der Waals surface area contributed by atoms with E-state index in [1.807, 2.05) is 13.0 Å². The van der Waals surface area contributed by atoms with Crippen LogP contribution in [0.25, 0.3) is 0 Å². The standard InChI is InChI=1S/C19H24FN5O2/c1-13-3-4-15(11-16(13)20)19(26)22-6-5-21-17-12-18(24-14(2)23-17)25-7-9-27-10-8-25/h3-4,11-12H,5-10H2,1-2H3,(H,22,26)(H,21,23,24). The van der Waals surface area contributed by atoms with Gasteiger partial charge in [-0.1, -0.05) is 6.07 Å². The molecule has 144 valence electrons. The number of nitrogens with one attached hydrogen (secondary N) is 2. The Morgan fingerprint density at radius 1 is 1.19 bits per heavy atom. The molecule has 1 aromatic heterocycles. The number of carbonyl (C=O) groups is 1. The maximum absolute atomic E-state index is 13.6. The summed E-state index contributed by atoms with van der Waals surface area (Å²) in [5, 5.41) is 5.96. The Morgan fingerprint density at radius 2 is 1.96 bits per heavy atom. The van der Waals surface area contributed by atoms with E-state index in [2.05, 4.69) is 25.5 Å². The third-order valence-electron chi connectivity index (χ3n) is 4.31. The molecule has 0 radical (unpaired) electrons. The fraction of sp³-hybridized carbons (Fsp3) is 0.421. The van der Waals surface area contributed by atoms with Gasteiger partial charge in [0.15, 0.2) is 0 Å². The van der Waals surface area contributed by atoms with Crippen molar-refractivity contribution in [2.75, 3.05) is 49.6 Å². The fourth-order valence-electron chi connectivity index (χ4n) is 2.80. The predicted molar refractivity (Wildman–Crippen MR) is 102 cm³/mol. The van der Waals surface area contributed by atoms with Gasteiger partial charge in [0, 0.05) is 37.8 Å². The van der Waals surface area contributed by atoms with Gasteiger partial charge in [0.25, 0.3) is 5.91 Å². The molecular formula is C19H24FN5O2. The van der Waals surface area contributed by atoms with Crippen LogP contribution in [0.15, 0.2) is 24.3 Å². The van der Waals surface area contributed by atoms with Crippen molar-refractivity contribution in [1.29, 1.82) is 0 Å². The van der Waals surface area contributed by atoms with Gasteiger partial charge in [0.05, 0.1) is 13.2 Å². The number of halogens is 1. The van der Waals surface area contributed by atoms with E-state index in [9.17, 15) is 9.18 Å². The molecule has 7 nitrogen and oxygen atoms in total. The number of nitrogens with zero attached hydrogens (tertiary/aromatic N) is 3. The van der Waals surface area contributed by atoms with Crippen LogP contribution in [0.1, 0.15) is 21.7 Å². The number of amides is 1. The van der Waals surface area contributed by atoms with E-state index in [-0.39, 0.29) is 11.7 Å². The lowest BCUT2D eigenvalue weighted by molar-refractivity contribution is 0.0954. The number of morpholine rings is 1. The molecule has 3 rings (SSSR count). The summed E-state index contributed by atoms with van der Waals surface area (Å²) in [5.41, 5.74) is 0.828. The second kappa shape index (κ2) is 8.77. The molecule has 2 heterocycles. The second-order valence-electron chi connectivity index (χ2n) is 6.40.